The van der Waals surface area contributed by atoms with Gasteiger partial charge in [-0.05, 0) is 68.1 Å². The van der Waals surface area contributed by atoms with Gasteiger partial charge in [-0.15, -0.1) is 0 Å². The first-order valence-electron chi connectivity index (χ1n) is 11.8. The summed E-state index contributed by atoms with van der Waals surface area (Å²) < 4.78 is 42.0. The summed E-state index contributed by atoms with van der Waals surface area (Å²) in [4.78, 5) is 6.49. The minimum atomic E-state index is -3.78. The van der Waals surface area contributed by atoms with Gasteiger partial charge < -0.3 is 14.8 Å². The Morgan fingerprint density at radius 1 is 1.14 bits per heavy atom. The Balaban J connectivity index is 1.67. The molecule has 0 unspecified atom stereocenters. The molecule has 0 spiro atoms. The van der Waals surface area contributed by atoms with E-state index in [9.17, 15) is 12.8 Å². The molecule has 1 N–H and O–H groups in total. The molecule has 0 radical (unpaired) electrons. The van der Waals surface area contributed by atoms with Gasteiger partial charge in [-0.1, -0.05) is 42.5 Å². The van der Waals surface area contributed by atoms with E-state index >= 15 is 0 Å². The fraction of sp³-hybridized carbons (Fsp3) is 0.385. The van der Waals surface area contributed by atoms with E-state index in [4.69, 9.17) is 12.2 Å². The first kappa shape index (κ1) is 25.3. The van der Waals surface area contributed by atoms with E-state index in [-0.39, 0.29) is 17.0 Å². The molecule has 4 rings (SSSR count). The minimum Gasteiger partial charge on any atom is -0.360 e. The number of nitrogens with one attached hydrogen (secondary N) is 1. The Morgan fingerprint density at radius 3 is 2.46 bits per heavy atom. The number of aromatic nitrogens is 2. The van der Waals surface area contributed by atoms with Gasteiger partial charge in [-0.2, -0.15) is 0 Å². The molecule has 1 saturated carbocycles. The average Bonchev–Trinajstić information content (AvgIpc) is 3.54. The van der Waals surface area contributed by atoms with Crippen LogP contribution in [0.3, 0.4) is 0 Å². The molecule has 1 aliphatic rings. The lowest BCUT2D eigenvalue weighted by atomic mass is 10.2. The van der Waals surface area contributed by atoms with Crippen molar-refractivity contribution in [2.75, 3.05) is 6.54 Å². The van der Waals surface area contributed by atoms with Crippen LogP contribution in [0.25, 0.3) is 0 Å². The van der Waals surface area contributed by atoms with Crippen LogP contribution in [-0.4, -0.2) is 40.6 Å². The molecule has 2 aromatic carbocycles. The summed E-state index contributed by atoms with van der Waals surface area (Å²) in [6.45, 7) is 5.74. The van der Waals surface area contributed by atoms with Crippen molar-refractivity contribution < 1.29 is 12.8 Å². The van der Waals surface area contributed by atoms with Crippen LogP contribution in [-0.2, 0) is 28.7 Å². The van der Waals surface area contributed by atoms with E-state index in [1.165, 1.54) is 37.1 Å². The lowest BCUT2D eigenvalue weighted by Crippen LogP contribution is -2.43. The van der Waals surface area contributed by atoms with Crippen molar-refractivity contribution in [3.05, 3.63) is 83.4 Å². The zero-order valence-corrected chi connectivity index (χ0v) is 21.7. The Bertz CT molecular complexity index is 1250. The number of hydrogen-bond donors (Lipinski definition) is 1. The number of rotatable bonds is 10. The zero-order valence-electron chi connectivity index (χ0n) is 20.0. The van der Waals surface area contributed by atoms with Crippen LogP contribution >= 0.6 is 12.2 Å². The summed E-state index contributed by atoms with van der Waals surface area (Å²) in [6.07, 6.45) is 4.00. The monoisotopic (exact) mass is 514 g/mol. The molecule has 1 aliphatic carbocycles. The number of benzene rings is 2. The second-order valence-corrected chi connectivity index (χ2v) is 11.7. The van der Waals surface area contributed by atoms with Crippen LogP contribution in [0.4, 0.5) is 4.39 Å². The fourth-order valence-corrected chi connectivity index (χ4v) is 5.80. The van der Waals surface area contributed by atoms with Crippen molar-refractivity contribution in [2.24, 2.45) is 5.92 Å². The summed E-state index contributed by atoms with van der Waals surface area (Å²) >= 11 is 5.68. The van der Waals surface area contributed by atoms with Gasteiger partial charge in [-0.25, -0.2) is 17.8 Å². The third-order valence-electron chi connectivity index (χ3n) is 5.86. The maximum absolute atomic E-state index is 13.4. The third-order valence-corrected chi connectivity index (χ3v) is 7.83. The van der Waals surface area contributed by atoms with Crippen LogP contribution in [0.1, 0.15) is 43.5 Å². The van der Waals surface area contributed by atoms with Gasteiger partial charge in [0.15, 0.2) is 5.11 Å². The van der Waals surface area contributed by atoms with Crippen molar-refractivity contribution in [3.63, 3.8) is 0 Å². The van der Waals surface area contributed by atoms with Gasteiger partial charge in [0.05, 0.1) is 30.7 Å². The molecule has 0 bridgehead atoms. The third kappa shape index (κ3) is 6.89. The standard InChI is InChI=1S/C26H31FN4O2S2/c1-19(2)29-25(34)30(15-21-8-9-21)17-24-14-28-26(31(24)16-20-6-4-3-5-7-20)35(32,33)18-22-10-12-23(27)13-11-22/h3-7,10-14,19,21H,8-9,15-18H2,1-2H3,(H,29,34). The highest BCUT2D eigenvalue weighted by Crippen LogP contribution is 2.30. The molecular formula is C26H31FN4O2S2. The average molecular weight is 515 g/mol. The van der Waals surface area contributed by atoms with Crippen LogP contribution in [0, 0.1) is 11.7 Å². The second-order valence-electron chi connectivity index (χ2n) is 9.42. The van der Waals surface area contributed by atoms with E-state index in [1.54, 1.807) is 10.8 Å². The molecule has 35 heavy (non-hydrogen) atoms. The lowest BCUT2D eigenvalue weighted by Gasteiger charge is -2.27. The summed E-state index contributed by atoms with van der Waals surface area (Å²) in [5.41, 5.74) is 2.27. The number of thiocarbonyl (C=S) groups is 1. The highest BCUT2D eigenvalue weighted by molar-refractivity contribution is 7.90. The van der Waals surface area contributed by atoms with Gasteiger partial charge in [-0.3, -0.25) is 0 Å². The molecule has 6 nitrogen and oxygen atoms in total. The van der Waals surface area contributed by atoms with E-state index < -0.39 is 15.7 Å². The highest BCUT2D eigenvalue weighted by atomic mass is 32.2. The van der Waals surface area contributed by atoms with Crippen molar-refractivity contribution in [1.29, 1.82) is 0 Å². The normalized spacial score (nSPS) is 13.7. The van der Waals surface area contributed by atoms with Crippen molar-refractivity contribution in [2.45, 2.75) is 56.7 Å². The summed E-state index contributed by atoms with van der Waals surface area (Å²) in [6, 6.07) is 15.4. The largest absolute Gasteiger partial charge is 0.360 e. The quantitative estimate of drug-likeness (QED) is 0.401. The van der Waals surface area contributed by atoms with Crippen molar-refractivity contribution in [1.82, 2.24) is 19.8 Å². The smallest absolute Gasteiger partial charge is 0.228 e. The molecule has 3 aromatic rings. The minimum absolute atomic E-state index is 0.00906. The maximum Gasteiger partial charge on any atom is 0.228 e. The van der Waals surface area contributed by atoms with Crippen LogP contribution in [0.5, 0.6) is 0 Å². The first-order valence-corrected chi connectivity index (χ1v) is 13.9. The summed E-state index contributed by atoms with van der Waals surface area (Å²) in [7, 11) is -3.78. The molecule has 9 heteroatoms. The van der Waals surface area contributed by atoms with Crippen LogP contribution < -0.4 is 5.32 Å². The Labute approximate surface area is 212 Å². The Hall–Kier alpha value is -2.78. The summed E-state index contributed by atoms with van der Waals surface area (Å²) in [5.74, 6) is -0.0488. The fourth-order valence-electron chi connectivity index (χ4n) is 3.93. The first-order chi connectivity index (χ1) is 16.7. The highest BCUT2D eigenvalue weighted by Gasteiger charge is 2.29. The van der Waals surface area contributed by atoms with Gasteiger partial charge in [0.2, 0.25) is 15.0 Å². The molecule has 1 aromatic heterocycles. The molecule has 0 amide bonds. The van der Waals surface area contributed by atoms with Gasteiger partial charge in [0.25, 0.3) is 0 Å². The molecule has 1 fully saturated rings. The number of imidazole rings is 1. The molecule has 186 valence electrons. The van der Waals surface area contributed by atoms with Gasteiger partial charge in [0, 0.05) is 12.6 Å². The van der Waals surface area contributed by atoms with Crippen LogP contribution in [0.15, 0.2) is 66.0 Å². The van der Waals surface area contributed by atoms with Crippen molar-refractivity contribution in [3.8, 4) is 0 Å². The van der Waals surface area contributed by atoms with Crippen molar-refractivity contribution >= 4 is 27.2 Å². The number of hydrogen-bond acceptors (Lipinski definition) is 4. The Kier molecular flexibility index (Phi) is 7.86. The predicted molar refractivity (Wildman–Crippen MR) is 139 cm³/mol. The number of nitrogens with zero attached hydrogens (tertiary/aromatic N) is 3. The lowest BCUT2D eigenvalue weighted by molar-refractivity contribution is 0.371. The molecular weight excluding hydrogens is 483 g/mol. The molecule has 1 heterocycles. The van der Waals surface area contributed by atoms with E-state index in [1.807, 2.05) is 44.2 Å². The Morgan fingerprint density at radius 2 is 1.83 bits per heavy atom. The van der Waals surface area contributed by atoms with Gasteiger partial charge in [0.1, 0.15) is 5.82 Å². The van der Waals surface area contributed by atoms with E-state index in [0.29, 0.717) is 29.7 Å². The predicted octanol–water partition coefficient (Wildman–Crippen LogP) is 4.54. The van der Waals surface area contributed by atoms with Crippen LogP contribution in [0.2, 0.25) is 0 Å². The summed E-state index contributed by atoms with van der Waals surface area (Å²) in [5, 5.41) is 3.99. The molecule has 0 saturated heterocycles. The number of sulfone groups is 1. The molecule has 0 aliphatic heterocycles. The van der Waals surface area contributed by atoms with E-state index in [2.05, 4.69) is 15.2 Å². The van der Waals surface area contributed by atoms with Gasteiger partial charge >= 0.3 is 0 Å². The molecule has 0 atom stereocenters. The SMILES string of the molecule is CC(C)NC(=S)N(Cc1cnc(S(=O)(=O)Cc2ccc(F)cc2)n1Cc1ccccc1)CC1CC1. The number of halogens is 1. The second kappa shape index (κ2) is 10.9. The maximum atomic E-state index is 13.4. The van der Waals surface area contributed by atoms with E-state index in [0.717, 1.165) is 17.8 Å². The zero-order chi connectivity index (χ0) is 25.0. The topological polar surface area (TPSA) is 67.2 Å².